The summed E-state index contributed by atoms with van der Waals surface area (Å²) in [6, 6.07) is 0. The number of alkyl carbamates (subject to hydrolysis) is 1. The molecule has 0 spiro atoms. The molecule has 0 aromatic rings. The second-order valence-corrected chi connectivity index (χ2v) is 5.35. The maximum Gasteiger partial charge on any atom is 0.407 e. The highest BCUT2D eigenvalue weighted by Gasteiger charge is 2.41. The summed E-state index contributed by atoms with van der Waals surface area (Å²) < 4.78 is 5.00. The van der Waals surface area contributed by atoms with Gasteiger partial charge in [0, 0.05) is 0 Å². The van der Waals surface area contributed by atoms with Crippen LogP contribution in [0.3, 0.4) is 0 Å². The third kappa shape index (κ3) is 3.87. The van der Waals surface area contributed by atoms with Crippen molar-refractivity contribution >= 4 is 23.5 Å². The molecule has 0 unspecified atom stereocenters. The van der Waals surface area contributed by atoms with Gasteiger partial charge in [0.15, 0.2) is 5.78 Å². The molecular weight excluding hydrogens is 254 g/mol. The van der Waals surface area contributed by atoms with E-state index in [1.165, 1.54) is 0 Å². The molecule has 0 radical (unpaired) electrons. The fourth-order valence-corrected chi connectivity index (χ4v) is 2.54. The van der Waals surface area contributed by atoms with Crippen molar-refractivity contribution in [2.75, 3.05) is 12.5 Å². The van der Waals surface area contributed by atoms with Gasteiger partial charge in [-0.05, 0) is 38.0 Å². The van der Waals surface area contributed by atoms with Gasteiger partial charge in [-0.1, -0.05) is 13.8 Å². The summed E-state index contributed by atoms with van der Waals surface area (Å²) in [7, 11) is 0. The van der Waals surface area contributed by atoms with Gasteiger partial charge < -0.3 is 10.1 Å². The molecular formula is C13H22ClNO3. The molecule has 0 aliphatic heterocycles. The number of ether oxygens (including phenoxy) is 1. The Hall–Kier alpha value is -0.770. The molecule has 0 atom stereocenters. The minimum Gasteiger partial charge on any atom is -0.450 e. The smallest absolute Gasteiger partial charge is 0.407 e. The number of hydrogen-bond donors (Lipinski definition) is 1. The van der Waals surface area contributed by atoms with E-state index >= 15 is 0 Å². The lowest BCUT2D eigenvalue weighted by atomic mass is 9.75. The zero-order valence-electron chi connectivity index (χ0n) is 11.1. The lowest BCUT2D eigenvalue weighted by Gasteiger charge is -2.38. The quantitative estimate of drug-likeness (QED) is 0.785. The highest BCUT2D eigenvalue weighted by Crippen LogP contribution is 2.33. The Morgan fingerprint density at radius 1 is 1.39 bits per heavy atom. The minimum atomic E-state index is -0.806. The van der Waals surface area contributed by atoms with Crippen LogP contribution < -0.4 is 5.32 Å². The number of nitrogens with one attached hydrogen (secondary N) is 1. The Balaban J connectivity index is 2.67. The number of amides is 1. The number of ketones is 1. The molecule has 1 N–H and O–H groups in total. The van der Waals surface area contributed by atoms with Crippen LogP contribution in [0.1, 0.15) is 46.0 Å². The van der Waals surface area contributed by atoms with Gasteiger partial charge >= 0.3 is 6.09 Å². The normalized spacial score (nSPS) is 27.6. The maximum absolute atomic E-state index is 12.0. The number of alkyl halides is 1. The van der Waals surface area contributed by atoms with Gasteiger partial charge in [0.25, 0.3) is 0 Å². The van der Waals surface area contributed by atoms with Gasteiger partial charge in [-0.25, -0.2) is 4.79 Å². The summed E-state index contributed by atoms with van der Waals surface area (Å²) in [5, 5.41) is 2.74. The monoisotopic (exact) mass is 275 g/mol. The minimum absolute atomic E-state index is 0.0670. The second-order valence-electron chi connectivity index (χ2n) is 5.08. The predicted molar refractivity (Wildman–Crippen MR) is 70.9 cm³/mol. The van der Waals surface area contributed by atoms with Crippen LogP contribution in [0.5, 0.6) is 0 Å². The number of hydrogen-bond acceptors (Lipinski definition) is 3. The van der Waals surface area contributed by atoms with Crippen molar-refractivity contribution in [2.45, 2.75) is 51.5 Å². The van der Waals surface area contributed by atoms with E-state index in [9.17, 15) is 9.59 Å². The molecule has 1 fully saturated rings. The first-order chi connectivity index (χ1) is 8.54. The number of halogens is 1. The van der Waals surface area contributed by atoms with Crippen LogP contribution in [-0.2, 0) is 9.53 Å². The molecule has 0 heterocycles. The summed E-state index contributed by atoms with van der Waals surface area (Å²) in [5.74, 6) is 0.418. The molecule has 0 aromatic carbocycles. The molecule has 0 bridgehead atoms. The molecule has 4 nitrogen and oxygen atoms in total. The highest BCUT2D eigenvalue weighted by atomic mass is 35.5. The Labute approximate surface area is 113 Å². The molecule has 5 heteroatoms. The van der Waals surface area contributed by atoms with Crippen molar-refractivity contribution in [1.82, 2.24) is 5.32 Å². The van der Waals surface area contributed by atoms with Crippen molar-refractivity contribution in [1.29, 1.82) is 0 Å². The van der Waals surface area contributed by atoms with Gasteiger partial charge in [0.05, 0.1) is 12.5 Å². The Morgan fingerprint density at radius 3 is 2.50 bits per heavy atom. The first kappa shape index (κ1) is 15.3. The molecule has 104 valence electrons. The van der Waals surface area contributed by atoms with E-state index in [-0.39, 0.29) is 11.7 Å². The van der Waals surface area contributed by atoms with Crippen molar-refractivity contribution in [3.05, 3.63) is 0 Å². The van der Waals surface area contributed by atoms with Crippen LogP contribution in [0.25, 0.3) is 0 Å². The fraction of sp³-hybridized carbons (Fsp3) is 0.846. The van der Waals surface area contributed by atoms with Crippen LogP contribution in [0.4, 0.5) is 4.79 Å². The second kappa shape index (κ2) is 6.98. The van der Waals surface area contributed by atoms with Crippen LogP contribution in [0.2, 0.25) is 0 Å². The molecule has 0 aromatic heterocycles. The highest BCUT2D eigenvalue weighted by molar-refractivity contribution is 6.29. The molecule has 1 aliphatic rings. The standard InChI is InChI=1S/C13H22ClNO3/c1-3-8-18-12(17)15-13(11(16)9-14)6-4-10(2)5-7-13/h10H,3-9H2,1-2H3,(H,15,17). The predicted octanol–water partition coefficient (Wildman–Crippen LogP) is 2.88. The first-order valence-corrected chi connectivity index (χ1v) is 7.11. The van der Waals surface area contributed by atoms with Crippen molar-refractivity contribution in [3.63, 3.8) is 0 Å². The van der Waals surface area contributed by atoms with Crippen molar-refractivity contribution in [3.8, 4) is 0 Å². The summed E-state index contributed by atoms with van der Waals surface area (Å²) in [6.07, 6.45) is 3.42. The number of carbonyl (C=O) groups excluding carboxylic acids is 2. The van der Waals surface area contributed by atoms with E-state index in [2.05, 4.69) is 12.2 Å². The van der Waals surface area contributed by atoms with E-state index in [4.69, 9.17) is 16.3 Å². The van der Waals surface area contributed by atoms with Gasteiger partial charge in [-0.3, -0.25) is 4.79 Å². The topological polar surface area (TPSA) is 55.4 Å². The molecule has 1 aliphatic carbocycles. The van der Waals surface area contributed by atoms with E-state index in [1.807, 2.05) is 6.92 Å². The lowest BCUT2D eigenvalue weighted by molar-refractivity contribution is -0.124. The van der Waals surface area contributed by atoms with Gasteiger partial charge in [0.1, 0.15) is 5.54 Å². The summed E-state index contributed by atoms with van der Waals surface area (Å²) in [4.78, 5) is 23.7. The SMILES string of the molecule is CCCOC(=O)NC1(C(=O)CCl)CCC(C)CC1. The first-order valence-electron chi connectivity index (χ1n) is 6.58. The van der Waals surface area contributed by atoms with E-state index in [0.717, 1.165) is 19.3 Å². The zero-order valence-corrected chi connectivity index (χ0v) is 11.9. The molecule has 18 heavy (non-hydrogen) atoms. The Bertz CT molecular complexity index is 299. The average molecular weight is 276 g/mol. The van der Waals surface area contributed by atoms with Crippen LogP contribution in [0.15, 0.2) is 0 Å². The van der Waals surface area contributed by atoms with Crippen molar-refractivity contribution in [2.24, 2.45) is 5.92 Å². The van der Waals surface area contributed by atoms with Gasteiger partial charge in [-0.2, -0.15) is 0 Å². The summed E-state index contributed by atoms with van der Waals surface area (Å²) in [6.45, 7) is 4.45. The van der Waals surface area contributed by atoms with E-state index < -0.39 is 11.6 Å². The number of rotatable bonds is 5. The maximum atomic E-state index is 12.0. The summed E-state index contributed by atoms with van der Waals surface area (Å²) in [5.41, 5.74) is -0.806. The fourth-order valence-electron chi connectivity index (χ4n) is 2.28. The van der Waals surface area contributed by atoms with E-state index in [0.29, 0.717) is 25.4 Å². The van der Waals surface area contributed by atoms with Crippen LogP contribution in [-0.4, -0.2) is 29.9 Å². The van der Waals surface area contributed by atoms with E-state index in [1.54, 1.807) is 0 Å². The Kier molecular flexibility index (Phi) is 5.93. The van der Waals surface area contributed by atoms with Crippen LogP contribution >= 0.6 is 11.6 Å². The average Bonchev–Trinajstić information content (AvgIpc) is 2.38. The Morgan fingerprint density at radius 2 is 2.00 bits per heavy atom. The van der Waals surface area contributed by atoms with Gasteiger partial charge in [-0.15, -0.1) is 11.6 Å². The molecule has 1 amide bonds. The largest absolute Gasteiger partial charge is 0.450 e. The number of carbonyl (C=O) groups is 2. The zero-order chi connectivity index (χ0) is 13.6. The number of Topliss-reactive ketones (excluding diaryl/α,β-unsaturated/α-hetero) is 1. The molecule has 1 rings (SSSR count). The third-order valence-corrected chi connectivity index (χ3v) is 3.80. The van der Waals surface area contributed by atoms with Crippen molar-refractivity contribution < 1.29 is 14.3 Å². The molecule has 0 saturated heterocycles. The van der Waals surface area contributed by atoms with Crippen LogP contribution in [0, 0.1) is 5.92 Å². The molecule has 1 saturated carbocycles. The lowest BCUT2D eigenvalue weighted by Crippen LogP contribution is -2.57. The van der Waals surface area contributed by atoms with Gasteiger partial charge in [0.2, 0.25) is 0 Å². The summed E-state index contributed by atoms with van der Waals surface area (Å²) >= 11 is 5.66. The third-order valence-electron chi connectivity index (χ3n) is 3.56.